The number of hydrogen-bond acceptors (Lipinski definition) is 4. The average molecular weight is 326 g/mol. The van der Waals surface area contributed by atoms with Crippen molar-refractivity contribution < 1.29 is 14.3 Å². The van der Waals surface area contributed by atoms with Crippen LogP contribution >= 0.6 is 0 Å². The predicted molar refractivity (Wildman–Crippen MR) is 95.3 cm³/mol. The Morgan fingerprint density at radius 1 is 1.08 bits per heavy atom. The number of anilines is 2. The molecule has 0 aliphatic carbocycles. The van der Waals surface area contributed by atoms with Gasteiger partial charge in [0.25, 0.3) is 0 Å². The zero-order valence-electron chi connectivity index (χ0n) is 14.0. The van der Waals surface area contributed by atoms with Crippen molar-refractivity contribution in [3.05, 3.63) is 59.7 Å². The van der Waals surface area contributed by atoms with E-state index in [-0.39, 0.29) is 5.91 Å². The fourth-order valence-electron chi connectivity index (χ4n) is 2.38. The maximum atomic E-state index is 12.0. The Morgan fingerprint density at radius 3 is 2.62 bits per heavy atom. The van der Waals surface area contributed by atoms with E-state index in [1.54, 1.807) is 24.3 Å². The first-order valence-corrected chi connectivity index (χ1v) is 7.94. The Kier molecular flexibility index (Phi) is 6.37. The molecular formula is C19H22N2O3. The summed E-state index contributed by atoms with van der Waals surface area (Å²) < 4.78 is 4.67. The molecule has 0 aliphatic rings. The minimum atomic E-state index is -0.427. The molecule has 24 heavy (non-hydrogen) atoms. The number of para-hydroxylation sites is 1. The second kappa shape index (κ2) is 8.72. The number of hydrogen-bond donors (Lipinski definition) is 2. The quantitative estimate of drug-likeness (QED) is 0.765. The normalized spacial score (nSPS) is 10.1. The Morgan fingerprint density at radius 2 is 1.88 bits per heavy atom. The van der Waals surface area contributed by atoms with Crippen LogP contribution in [0.1, 0.15) is 29.3 Å². The summed E-state index contributed by atoms with van der Waals surface area (Å²) in [4.78, 5) is 23.5. The molecule has 0 saturated heterocycles. The molecule has 2 aromatic rings. The predicted octanol–water partition coefficient (Wildman–Crippen LogP) is 3.48. The highest BCUT2D eigenvalue weighted by molar-refractivity contribution is 5.94. The van der Waals surface area contributed by atoms with E-state index in [4.69, 9.17) is 0 Å². The van der Waals surface area contributed by atoms with Crippen LogP contribution in [0.4, 0.5) is 11.4 Å². The third-order valence-corrected chi connectivity index (χ3v) is 3.63. The SMILES string of the molecule is CCc1ccccc1NCCC(=O)Nc1cccc(C(=O)OC)c1. The van der Waals surface area contributed by atoms with Crippen molar-refractivity contribution in [2.24, 2.45) is 0 Å². The Hall–Kier alpha value is -2.82. The number of nitrogens with one attached hydrogen (secondary N) is 2. The van der Waals surface area contributed by atoms with Crippen LogP contribution in [0.15, 0.2) is 48.5 Å². The van der Waals surface area contributed by atoms with E-state index in [2.05, 4.69) is 28.4 Å². The molecule has 0 bridgehead atoms. The number of esters is 1. The zero-order valence-corrected chi connectivity index (χ0v) is 14.0. The number of rotatable bonds is 7. The van der Waals surface area contributed by atoms with Crippen LogP contribution in [-0.4, -0.2) is 25.5 Å². The number of aryl methyl sites for hydroxylation is 1. The Bertz CT molecular complexity index is 713. The molecule has 0 radical (unpaired) electrons. The summed E-state index contributed by atoms with van der Waals surface area (Å²) in [5.41, 5.74) is 3.27. The Balaban J connectivity index is 1.86. The van der Waals surface area contributed by atoms with Crippen LogP contribution in [0.25, 0.3) is 0 Å². The summed E-state index contributed by atoms with van der Waals surface area (Å²) in [7, 11) is 1.33. The van der Waals surface area contributed by atoms with Gasteiger partial charge in [0.05, 0.1) is 12.7 Å². The lowest BCUT2D eigenvalue weighted by Crippen LogP contribution is -2.17. The number of ether oxygens (including phenoxy) is 1. The standard InChI is InChI=1S/C19H22N2O3/c1-3-14-7-4-5-10-17(14)20-12-11-18(22)21-16-9-6-8-15(13-16)19(23)24-2/h4-10,13,20H,3,11-12H2,1-2H3,(H,21,22). The highest BCUT2D eigenvalue weighted by Crippen LogP contribution is 2.15. The summed E-state index contributed by atoms with van der Waals surface area (Å²) in [6, 6.07) is 14.7. The molecule has 2 N–H and O–H groups in total. The van der Waals surface area contributed by atoms with E-state index in [0.717, 1.165) is 12.1 Å². The first-order valence-electron chi connectivity index (χ1n) is 7.94. The van der Waals surface area contributed by atoms with Crippen LogP contribution in [0.2, 0.25) is 0 Å². The molecule has 5 heteroatoms. The van der Waals surface area contributed by atoms with Gasteiger partial charge in [0.15, 0.2) is 0 Å². The smallest absolute Gasteiger partial charge is 0.337 e. The van der Waals surface area contributed by atoms with Crippen LogP contribution in [-0.2, 0) is 16.0 Å². The number of methoxy groups -OCH3 is 1. The minimum absolute atomic E-state index is 0.113. The van der Waals surface area contributed by atoms with E-state index in [1.807, 2.05) is 18.2 Å². The number of carbonyl (C=O) groups is 2. The van der Waals surface area contributed by atoms with E-state index in [0.29, 0.717) is 24.2 Å². The molecule has 0 atom stereocenters. The van der Waals surface area contributed by atoms with Gasteiger partial charge >= 0.3 is 5.97 Å². The van der Waals surface area contributed by atoms with Crippen molar-refractivity contribution in [1.82, 2.24) is 0 Å². The van der Waals surface area contributed by atoms with Gasteiger partial charge in [-0.05, 0) is 36.2 Å². The van der Waals surface area contributed by atoms with Gasteiger partial charge in [-0.25, -0.2) is 4.79 Å². The fourth-order valence-corrected chi connectivity index (χ4v) is 2.38. The lowest BCUT2D eigenvalue weighted by atomic mass is 10.1. The van der Waals surface area contributed by atoms with Crippen molar-refractivity contribution >= 4 is 23.3 Å². The van der Waals surface area contributed by atoms with Gasteiger partial charge in [-0.15, -0.1) is 0 Å². The second-order valence-corrected chi connectivity index (χ2v) is 5.31. The van der Waals surface area contributed by atoms with E-state index in [9.17, 15) is 9.59 Å². The van der Waals surface area contributed by atoms with E-state index < -0.39 is 5.97 Å². The van der Waals surface area contributed by atoms with Gasteiger partial charge in [0, 0.05) is 24.3 Å². The molecule has 0 saturated carbocycles. The van der Waals surface area contributed by atoms with Crippen LogP contribution in [0.5, 0.6) is 0 Å². The van der Waals surface area contributed by atoms with Crippen molar-refractivity contribution in [3.63, 3.8) is 0 Å². The van der Waals surface area contributed by atoms with Gasteiger partial charge in [-0.3, -0.25) is 4.79 Å². The van der Waals surface area contributed by atoms with Crippen LogP contribution in [0, 0.1) is 0 Å². The molecule has 126 valence electrons. The molecule has 0 aliphatic heterocycles. The highest BCUT2D eigenvalue weighted by Gasteiger charge is 2.08. The third-order valence-electron chi connectivity index (χ3n) is 3.63. The molecule has 0 heterocycles. The number of carbonyl (C=O) groups excluding carboxylic acids is 2. The fraction of sp³-hybridized carbons (Fsp3) is 0.263. The van der Waals surface area contributed by atoms with E-state index in [1.165, 1.54) is 12.7 Å². The van der Waals surface area contributed by atoms with Crippen molar-refractivity contribution in [3.8, 4) is 0 Å². The maximum Gasteiger partial charge on any atom is 0.337 e. The molecule has 1 amide bonds. The average Bonchev–Trinajstić information content (AvgIpc) is 2.61. The molecule has 5 nitrogen and oxygen atoms in total. The van der Waals surface area contributed by atoms with Gasteiger partial charge in [0.2, 0.25) is 5.91 Å². The van der Waals surface area contributed by atoms with Gasteiger partial charge < -0.3 is 15.4 Å². The van der Waals surface area contributed by atoms with Crippen molar-refractivity contribution in [2.45, 2.75) is 19.8 Å². The molecule has 0 spiro atoms. The molecule has 0 aromatic heterocycles. The molecular weight excluding hydrogens is 304 g/mol. The molecule has 0 fully saturated rings. The summed E-state index contributed by atoms with van der Waals surface area (Å²) in [6.45, 7) is 2.64. The van der Waals surface area contributed by atoms with E-state index >= 15 is 0 Å². The molecule has 0 unspecified atom stereocenters. The second-order valence-electron chi connectivity index (χ2n) is 5.31. The molecule has 2 aromatic carbocycles. The van der Waals surface area contributed by atoms with Gasteiger partial charge in [0.1, 0.15) is 0 Å². The topological polar surface area (TPSA) is 67.4 Å². The van der Waals surface area contributed by atoms with Crippen molar-refractivity contribution in [1.29, 1.82) is 0 Å². The van der Waals surface area contributed by atoms with Crippen molar-refractivity contribution in [2.75, 3.05) is 24.3 Å². The lowest BCUT2D eigenvalue weighted by molar-refractivity contribution is -0.115. The lowest BCUT2D eigenvalue weighted by Gasteiger charge is -2.11. The zero-order chi connectivity index (χ0) is 17.4. The number of amides is 1. The first kappa shape index (κ1) is 17.5. The maximum absolute atomic E-state index is 12.0. The summed E-state index contributed by atoms with van der Waals surface area (Å²) in [6.07, 6.45) is 1.27. The summed E-state index contributed by atoms with van der Waals surface area (Å²) >= 11 is 0. The summed E-state index contributed by atoms with van der Waals surface area (Å²) in [5.74, 6) is -0.539. The van der Waals surface area contributed by atoms with Crippen LogP contribution in [0.3, 0.4) is 0 Å². The van der Waals surface area contributed by atoms with Gasteiger partial charge in [-0.2, -0.15) is 0 Å². The monoisotopic (exact) mass is 326 g/mol. The Labute approximate surface area is 142 Å². The summed E-state index contributed by atoms with van der Waals surface area (Å²) in [5, 5.41) is 6.07. The number of benzene rings is 2. The highest BCUT2D eigenvalue weighted by atomic mass is 16.5. The van der Waals surface area contributed by atoms with Crippen LogP contribution < -0.4 is 10.6 Å². The minimum Gasteiger partial charge on any atom is -0.465 e. The first-order chi connectivity index (χ1) is 11.6. The molecule has 2 rings (SSSR count). The third kappa shape index (κ3) is 4.84. The van der Waals surface area contributed by atoms with Gasteiger partial charge in [-0.1, -0.05) is 31.2 Å². The largest absolute Gasteiger partial charge is 0.465 e.